The van der Waals surface area contributed by atoms with E-state index in [-0.39, 0.29) is 11.7 Å². The fourth-order valence-corrected chi connectivity index (χ4v) is 3.05. The topological polar surface area (TPSA) is 78.7 Å². The molecule has 2 amide bonds. The summed E-state index contributed by atoms with van der Waals surface area (Å²) in [4.78, 5) is 26.7. The number of nitrogens with zero attached hydrogens (tertiary/aromatic N) is 3. The van der Waals surface area contributed by atoms with E-state index in [1.165, 1.54) is 23.3 Å². The summed E-state index contributed by atoms with van der Waals surface area (Å²) in [5.41, 5.74) is 3.10. The number of aryl methyl sites for hydroxylation is 1. The van der Waals surface area contributed by atoms with E-state index in [1.807, 2.05) is 0 Å². The summed E-state index contributed by atoms with van der Waals surface area (Å²) in [6.07, 6.45) is 0. The molecule has 0 aliphatic carbocycles. The molecule has 7 heteroatoms. The number of non-ortho nitro benzene ring substituents is 1. The van der Waals surface area contributed by atoms with E-state index in [4.69, 9.17) is 0 Å². The number of amides is 2. The SMILES string of the molecule is Cc1cccc(CN2CCN(C(=O)Nc3ccc([N+](=O)[O-])cc3)CC2)c1. The number of hydrogen-bond acceptors (Lipinski definition) is 4. The highest BCUT2D eigenvalue weighted by Gasteiger charge is 2.21. The third-order valence-electron chi connectivity index (χ3n) is 4.48. The summed E-state index contributed by atoms with van der Waals surface area (Å²) in [6.45, 7) is 5.93. The molecule has 1 aliphatic heterocycles. The number of piperazine rings is 1. The molecule has 136 valence electrons. The second-order valence-corrected chi connectivity index (χ2v) is 6.49. The third-order valence-corrected chi connectivity index (χ3v) is 4.48. The molecule has 2 aromatic rings. The van der Waals surface area contributed by atoms with Crippen LogP contribution < -0.4 is 5.32 Å². The number of hydrogen-bond donors (Lipinski definition) is 1. The van der Waals surface area contributed by atoms with Crippen LogP contribution in [0.25, 0.3) is 0 Å². The maximum absolute atomic E-state index is 12.4. The van der Waals surface area contributed by atoms with Crippen LogP contribution >= 0.6 is 0 Å². The molecule has 3 rings (SSSR count). The van der Waals surface area contributed by atoms with Crippen molar-refractivity contribution in [2.45, 2.75) is 13.5 Å². The molecule has 0 atom stereocenters. The lowest BCUT2D eigenvalue weighted by Crippen LogP contribution is -2.49. The molecule has 0 unspecified atom stereocenters. The number of nitrogens with one attached hydrogen (secondary N) is 1. The molecule has 1 heterocycles. The lowest BCUT2D eigenvalue weighted by molar-refractivity contribution is -0.384. The third kappa shape index (κ3) is 4.58. The van der Waals surface area contributed by atoms with Gasteiger partial charge in [-0.3, -0.25) is 15.0 Å². The maximum Gasteiger partial charge on any atom is 0.321 e. The van der Waals surface area contributed by atoms with Crippen LogP contribution in [-0.2, 0) is 6.54 Å². The maximum atomic E-state index is 12.4. The molecule has 0 spiro atoms. The highest BCUT2D eigenvalue weighted by molar-refractivity contribution is 5.89. The number of rotatable bonds is 4. The zero-order valence-corrected chi connectivity index (χ0v) is 14.7. The molecule has 0 radical (unpaired) electrons. The van der Waals surface area contributed by atoms with Crippen LogP contribution in [0.15, 0.2) is 48.5 Å². The molecule has 0 saturated carbocycles. The number of nitro benzene ring substituents is 1. The van der Waals surface area contributed by atoms with Crippen molar-refractivity contribution in [3.63, 3.8) is 0 Å². The summed E-state index contributed by atoms with van der Waals surface area (Å²) in [7, 11) is 0. The van der Waals surface area contributed by atoms with Crippen LogP contribution in [0.4, 0.5) is 16.2 Å². The summed E-state index contributed by atoms with van der Waals surface area (Å²) in [5.74, 6) is 0. The standard InChI is InChI=1S/C19H22N4O3/c1-15-3-2-4-16(13-15)14-21-9-11-22(12-10-21)19(24)20-17-5-7-18(8-6-17)23(25)26/h2-8,13H,9-12,14H2,1H3,(H,20,24). The van der Waals surface area contributed by atoms with Crippen molar-refractivity contribution in [3.05, 3.63) is 69.8 Å². The summed E-state index contributed by atoms with van der Waals surface area (Å²) >= 11 is 0. The molecule has 1 fully saturated rings. The van der Waals surface area contributed by atoms with Gasteiger partial charge in [0.15, 0.2) is 0 Å². The number of carbonyl (C=O) groups excluding carboxylic acids is 1. The lowest BCUT2D eigenvalue weighted by atomic mass is 10.1. The predicted molar refractivity (Wildman–Crippen MR) is 100 cm³/mol. The van der Waals surface area contributed by atoms with Gasteiger partial charge in [-0.2, -0.15) is 0 Å². The van der Waals surface area contributed by atoms with E-state index < -0.39 is 4.92 Å². The van der Waals surface area contributed by atoms with E-state index in [0.717, 1.165) is 19.6 Å². The Morgan fingerprint density at radius 1 is 1.12 bits per heavy atom. The lowest BCUT2D eigenvalue weighted by Gasteiger charge is -2.34. The molecule has 1 N–H and O–H groups in total. The van der Waals surface area contributed by atoms with Gasteiger partial charge < -0.3 is 10.2 Å². The van der Waals surface area contributed by atoms with Gasteiger partial charge in [0.2, 0.25) is 0 Å². The Morgan fingerprint density at radius 3 is 2.42 bits per heavy atom. The second-order valence-electron chi connectivity index (χ2n) is 6.49. The normalized spacial score (nSPS) is 14.9. The van der Waals surface area contributed by atoms with Gasteiger partial charge in [0.05, 0.1) is 4.92 Å². The first-order valence-corrected chi connectivity index (χ1v) is 8.59. The number of nitro groups is 1. The molecular weight excluding hydrogens is 332 g/mol. The number of anilines is 1. The Bertz CT molecular complexity index is 784. The molecule has 26 heavy (non-hydrogen) atoms. The van der Waals surface area contributed by atoms with Crippen LogP contribution in [0, 0.1) is 17.0 Å². The number of urea groups is 1. The van der Waals surface area contributed by atoms with Gasteiger partial charge in [0.1, 0.15) is 0 Å². The average Bonchev–Trinajstić information content (AvgIpc) is 2.63. The zero-order valence-electron chi connectivity index (χ0n) is 14.7. The monoisotopic (exact) mass is 354 g/mol. The molecule has 1 saturated heterocycles. The molecular formula is C19H22N4O3. The van der Waals surface area contributed by atoms with E-state index in [9.17, 15) is 14.9 Å². The van der Waals surface area contributed by atoms with Gasteiger partial charge in [0, 0.05) is 50.5 Å². The highest BCUT2D eigenvalue weighted by atomic mass is 16.6. The van der Waals surface area contributed by atoms with Crippen molar-refractivity contribution in [2.75, 3.05) is 31.5 Å². The van der Waals surface area contributed by atoms with Crippen molar-refractivity contribution in [1.82, 2.24) is 9.80 Å². The van der Waals surface area contributed by atoms with Crippen molar-refractivity contribution >= 4 is 17.4 Å². The van der Waals surface area contributed by atoms with Crippen molar-refractivity contribution in [1.29, 1.82) is 0 Å². The fraction of sp³-hybridized carbons (Fsp3) is 0.316. The fourth-order valence-electron chi connectivity index (χ4n) is 3.05. The quantitative estimate of drug-likeness (QED) is 0.675. The van der Waals surface area contributed by atoms with Gasteiger partial charge in [-0.25, -0.2) is 4.79 Å². The van der Waals surface area contributed by atoms with Gasteiger partial charge in [-0.1, -0.05) is 29.8 Å². The van der Waals surface area contributed by atoms with Gasteiger partial charge >= 0.3 is 6.03 Å². The van der Waals surface area contributed by atoms with Crippen LogP contribution in [0.3, 0.4) is 0 Å². The molecule has 7 nitrogen and oxygen atoms in total. The molecule has 0 bridgehead atoms. The second kappa shape index (κ2) is 7.97. The smallest absolute Gasteiger partial charge is 0.321 e. The van der Waals surface area contributed by atoms with Crippen molar-refractivity contribution in [3.8, 4) is 0 Å². The first-order valence-electron chi connectivity index (χ1n) is 8.59. The Balaban J connectivity index is 1.49. The van der Waals surface area contributed by atoms with Gasteiger partial charge in [0.25, 0.3) is 5.69 Å². The Kier molecular flexibility index (Phi) is 5.48. The van der Waals surface area contributed by atoms with Gasteiger partial charge in [-0.05, 0) is 24.6 Å². The minimum atomic E-state index is -0.459. The first-order chi connectivity index (χ1) is 12.5. The summed E-state index contributed by atoms with van der Waals surface area (Å²) < 4.78 is 0. The molecule has 2 aromatic carbocycles. The van der Waals surface area contributed by atoms with Crippen molar-refractivity contribution < 1.29 is 9.72 Å². The minimum Gasteiger partial charge on any atom is -0.322 e. The van der Waals surface area contributed by atoms with Crippen molar-refractivity contribution in [2.24, 2.45) is 0 Å². The summed E-state index contributed by atoms with van der Waals surface area (Å²) in [6, 6.07) is 14.2. The molecule has 0 aromatic heterocycles. The Labute approximate surface area is 152 Å². The number of carbonyl (C=O) groups is 1. The van der Waals surface area contributed by atoms with Crippen LogP contribution in [-0.4, -0.2) is 46.9 Å². The average molecular weight is 354 g/mol. The largest absolute Gasteiger partial charge is 0.322 e. The minimum absolute atomic E-state index is 0.00719. The predicted octanol–water partition coefficient (Wildman–Crippen LogP) is 3.25. The van der Waals surface area contributed by atoms with E-state index in [1.54, 1.807) is 17.0 Å². The zero-order chi connectivity index (χ0) is 18.5. The van der Waals surface area contributed by atoms with E-state index >= 15 is 0 Å². The first kappa shape index (κ1) is 17.9. The van der Waals surface area contributed by atoms with Crippen LogP contribution in [0.1, 0.15) is 11.1 Å². The van der Waals surface area contributed by atoms with Crippen LogP contribution in [0.2, 0.25) is 0 Å². The summed E-state index contributed by atoms with van der Waals surface area (Å²) in [5, 5.41) is 13.5. The van der Waals surface area contributed by atoms with E-state index in [0.29, 0.717) is 18.8 Å². The Hall–Kier alpha value is -2.93. The Morgan fingerprint density at radius 2 is 1.81 bits per heavy atom. The number of benzene rings is 2. The van der Waals surface area contributed by atoms with Crippen LogP contribution in [0.5, 0.6) is 0 Å². The highest BCUT2D eigenvalue weighted by Crippen LogP contribution is 2.16. The molecule has 1 aliphatic rings. The van der Waals surface area contributed by atoms with Gasteiger partial charge in [-0.15, -0.1) is 0 Å². The van der Waals surface area contributed by atoms with E-state index in [2.05, 4.69) is 41.4 Å².